The van der Waals surface area contributed by atoms with Crippen molar-refractivity contribution in [1.82, 2.24) is 10.6 Å². The van der Waals surface area contributed by atoms with Gasteiger partial charge in [-0.3, -0.25) is 4.99 Å². The molecule has 130 valence electrons. The molecule has 23 heavy (non-hydrogen) atoms. The Morgan fingerprint density at radius 3 is 2.74 bits per heavy atom. The first-order valence-electron chi connectivity index (χ1n) is 8.45. The molecule has 4 nitrogen and oxygen atoms in total. The van der Waals surface area contributed by atoms with Crippen LogP contribution in [0, 0.1) is 5.92 Å². The molecule has 5 heteroatoms. The molecule has 0 radical (unpaired) electrons. The second-order valence-electron chi connectivity index (χ2n) is 5.85. The first kappa shape index (κ1) is 20.1. The third kappa shape index (κ3) is 6.20. The van der Waals surface area contributed by atoms with Crippen LogP contribution in [-0.4, -0.2) is 32.7 Å². The highest BCUT2D eigenvalue weighted by Crippen LogP contribution is 2.25. The van der Waals surface area contributed by atoms with Crippen LogP contribution >= 0.6 is 24.0 Å². The van der Waals surface area contributed by atoms with Crippen LogP contribution in [0.2, 0.25) is 0 Å². The number of hydrogen-bond acceptors (Lipinski definition) is 2. The Hall–Kier alpha value is -0.980. The highest BCUT2D eigenvalue weighted by atomic mass is 127. The number of benzene rings is 1. The summed E-state index contributed by atoms with van der Waals surface area (Å²) < 4.78 is 5.54. The van der Waals surface area contributed by atoms with Crippen LogP contribution < -0.4 is 15.4 Å². The number of fused-ring (bicyclic) bond motifs is 1. The van der Waals surface area contributed by atoms with Gasteiger partial charge in [0.1, 0.15) is 5.75 Å². The van der Waals surface area contributed by atoms with E-state index in [1.54, 1.807) is 0 Å². The largest absolute Gasteiger partial charge is 0.493 e. The highest BCUT2D eigenvalue weighted by molar-refractivity contribution is 14.0. The zero-order chi connectivity index (χ0) is 15.8. The first-order chi connectivity index (χ1) is 10.8. The lowest BCUT2D eigenvalue weighted by Gasteiger charge is -2.16. The number of hydrogen-bond donors (Lipinski definition) is 2. The maximum atomic E-state index is 5.54. The van der Waals surface area contributed by atoms with Gasteiger partial charge in [-0.15, -0.1) is 24.0 Å². The van der Waals surface area contributed by atoms with Crippen molar-refractivity contribution in [2.75, 3.05) is 26.7 Å². The van der Waals surface area contributed by atoms with E-state index in [9.17, 15) is 0 Å². The summed E-state index contributed by atoms with van der Waals surface area (Å²) in [7, 11) is 1.83. The van der Waals surface area contributed by atoms with Crippen LogP contribution in [0.3, 0.4) is 0 Å². The van der Waals surface area contributed by atoms with Crippen molar-refractivity contribution in [2.24, 2.45) is 10.9 Å². The maximum absolute atomic E-state index is 5.54. The molecule has 2 rings (SSSR count). The van der Waals surface area contributed by atoms with Crippen LogP contribution in [0.5, 0.6) is 5.75 Å². The molecule has 0 saturated heterocycles. The van der Waals surface area contributed by atoms with Gasteiger partial charge in [0.25, 0.3) is 0 Å². The van der Waals surface area contributed by atoms with Crippen LogP contribution in [0.25, 0.3) is 0 Å². The summed E-state index contributed by atoms with van der Waals surface area (Å²) in [6, 6.07) is 6.52. The third-order valence-electron chi connectivity index (χ3n) is 4.40. The van der Waals surface area contributed by atoms with Gasteiger partial charge in [0.05, 0.1) is 6.61 Å². The minimum absolute atomic E-state index is 0. The second-order valence-corrected chi connectivity index (χ2v) is 5.85. The molecule has 0 unspecified atom stereocenters. The number of rotatable bonds is 7. The molecule has 1 aromatic carbocycles. The Kier molecular flexibility index (Phi) is 9.36. The normalized spacial score (nSPS) is 13.3. The molecule has 0 aliphatic carbocycles. The Bertz CT molecular complexity index is 501. The molecule has 0 aromatic heterocycles. The van der Waals surface area contributed by atoms with Gasteiger partial charge in [-0.05, 0) is 29.5 Å². The van der Waals surface area contributed by atoms with E-state index in [2.05, 4.69) is 47.7 Å². The molecular formula is C18H30IN3O. The van der Waals surface area contributed by atoms with Crippen LogP contribution in [-0.2, 0) is 12.8 Å². The maximum Gasteiger partial charge on any atom is 0.190 e. The van der Waals surface area contributed by atoms with E-state index in [1.165, 1.54) is 24.0 Å². The van der Waals surface area contributed by atoms with Crippen molar-refractivity contribution in [2.45, 2.75) is 39.5 Å². The minimum Gasteiger partial charge on any atom is -0.493 e. The van der Waals surface area contributed by atoms with Crippen molar-refractivity contribution in [3.63, 3.8) is 0 Å². The van der Waals surface area contributed by atoms with Gasteiger partial charge >= 0.3 is 0 Å². The van der Waals surface area contributed by atoms with E-state index < -0.39 is 0 Å². The molecule has 1 heterocycles. The van der Waals surface area contributed by atoms with Gasteiger partial charge in [0.15, 0.2) is 5.96 Å². The molecule has 0 bridgehead atoms. The molecule has 1 aliphatic rings. The summed E-state index contributed by atoms with van der Waals surface area (Å²) in [6.45, 7) is 7.18. The molecule has 0 saturated carbocycles. The fourth-order valence-corrected chi connectivity index (χ4v) is 2.76. The monoisotopic (exact) mass is 431 g/mol. The topological polar surface area (TPSA) is 45.7 Å². The molecule has 0 amide bonds. The number of guanidine groups is 1. The number of nitrogens with zero attached hydrogens (tertiary/aromatic N) is 1. The third-order valence-corrected chi connectivity index (χ3v) is 4.40. The highest BCUT2D eigenvalue weighted by Gasteiger charge is 2.11. The fraction of sp³-hybridized carbons (Fsp3) is 0.611. The molecular weight excluding hydrogens is 401 g/mol. The number of halogens is 1. The van der Waals surface area contributed by atoms with Gasteiger partial charge in [-0.2, -0.15) is 0 Å². The zero-order valence-electron chi connectivity index (χ0n) is 14.5. The van der Waals surface area contributed by atoms with Gasteiger partial charge < -0.3 is 15.4 Å². The lowest BCUT2D eigenvalue weighted by Crippen LogP contribution is -2.40. The van der Waals surface area contributed by atoms with E-state index in [4.69, 9.17) is 4.74 Å². The fourth-order valence-electron chi connectivity index (χ4n) is 2.76. The Morgan fingerprint density at radius 2 is 2.04 bits per heavy atom. The molecule has 0 atom stereocenters. The summed E-state index contributed by atoms with van der Waals surface area (Å²) in [5.74, 6) is 2.67. The molecule has 2 N–H and O–H groups in total. The average Bonchev–Trinajstić information content (AvgIpc) is 3.01. The summed E-state index contributed by atoms with van der Waals surface area (Å²) in [6.07, 6.45) is 4.45. The number of ether oxygens (including phenoxy) is 1. The Balaban J connectivity index is 0.00000264. The van der Waals surface area contributed by atoms with Gasteiger partial charge in [0.2, 0.25) is 0 Å². The minimum atomic E-state index is 0. The van der Waals surface area contributed by atoms with E-state index in [1.807, 2.05) is 7.05 Å². The average molecular weight is 431 g/mol. The van der Waals surface area contributed by atoms with E-state index in [-0.39, 0.29) is 24.0 Å². The standard InChI is InChI=1S/C18H29N3O.HI/c1-4-14(5-2)13-21-18(19-3)20-10-8-15-6-7-17-16(12-15)9-11-22-17;/h6-7,12,14H,4-5,8-11,13H2,1-3H3,(H2,19,20,21);1H. The van der Waals surface area contributed by atoms with Crippen LogP contribution in [0.1, 0.15) is 37.8 Å². The first-order valence-corrected chi connectivity index (χ1v) is 8.45. The Labute approximate surface area is 157 Å². The predicted octanol–water partition coefficient (Wildman–Crippen LogP) is 3.38. The van der Waals surface area contributed by atoms with Gasteiger partial charge in [-0.1, -0.05) is 38.8 Å². The molecule has 1 aliphatic heterocycles. The molecule has 1 aromatic rings. The van der Waals surface area contributed by atoms with Crippen molar-refractivity contribution in [3.8, 4) is 5.75 Å². The molecule has 0 fully saturated rings. The summed E-state index contributed by atoms with van der Waals surface area (Å²) in [5, 5.41) is 6.81. The van der Waals surface area contributed by atoms with Crippen molar-refractivity contribution >= 4 is 29.9 Å². The van der Waals surface area contributed by atoms with Gasteiger partial charge in [-0.25, -0.2) is 0 Å². The van der Waals surface area contributed by atoms with E-state index in [0.717, 1.165) is 50.2 Å². The summed E-state index contributed by atoms with van der Waals surface area (Å²) >= 11 is 0. The van der Waals surface area contributed by atoms with Crippen molar-refractivity contribution < 1.29 is 4.74 Å². The SMILES string of the molecule is CCC(CC)CNC(=NC)NCCc1ccc2c(c1)CCO2.I. The van der Waals surface area contributed by atoms with Crippen molar-refractivity contribution in [3.05, 3.63) is 29.3 Å². The van der Waals surface area contributed by atoms with Crippen molar-refractivity contribution in [1.29, 1.82) is 0 Å². The quantitative estimate of drug-likeness (QED) is 0.395. The van der Waals surface area contributed by atoms with Crippen LogP contribution in [0.15, 0.2) is 23.2 Å². The van der Waals surface area contributed by atoms with E-state index in [0.29, 0.717) is 0 Å². The summed E-state index contributed by atoms with van der Waals surface area (Å²) in [4.78, 5) is 4.29. The zero-order valence-corrected chi connectivity index (χ0v) is 16.9. The van der Waals surface area contributed by atoms with Crippen LogP contribution in [0.4, 0.5) is 0 Å². The predicted molar refractivity (Wildman–Crippen MR) is 108 cm³/mol. The van der Waals surface area contributed by atoms with Gasteiger partial charge in [0, 0.05) is 26.6 Å². The lowest BCUT2D eigenvalue weighted by molar-refractivity contribution is 0.357. The lowest BCUT2D eigenvalue weighted by atomic mass is 10.0. The number of nitrogens with one attached hydrogen (secondary N) is 2. The smallest absolute Gasteiger partial charge is 0.190 e. The number of aliphatic imine (C=N–C) groups is 1. The second kappa shape index (κ2) is 10.7. The summed E-state index contributed by atoms with van der Waals surface area (Å²) in [5.41, 5.74) is 2.70. The Morgan fingerprint density at radius 1 is 1.26 bits per heavy atom. The van der Waals surface area contributed by atoms with E-state index >= 15 is 0 Å². The molecule has 0 spiro atoms.